The van der Waals surface area contributed by atoms with E-state index >= 15 is 0 Å². The zero-order valence-corrected chi connectivity index (χ0v) is 17.2. The molecular formula is C21H13Cl2N3O2S. The number of benzene rings is 2. The summed E-state index contributed by atoms with van der Waals surface area (Å²) in [7, 11) is 0. The third kappa shape index (κ3) is 4.19. The predicted octanol–water partition coefficient (Wildman–Crippen LogP) is 5.06. The quantitative estimate of drug-likeness (QED) is 0.246. The summed E-state index contributed by atoms with van der Waals surface area (Å²) in [5.74, 6) is 0.0182. The lowest BCUT2D eigenvalue weighted by Gasteiger charge is -2.12. The molecule has 0 radical (unpaired) electrons. The van der Waals surface area contributed by atoms with E-state index in [9.17, 15) is 9.59 Å². The summed E-state index contributed by atoms with van der Waals surface area (Å²) in [4.78, 5) is 34.4. The molecule has 0 unspecified atom stereocenters. The Morgan fingerprint density at radius 3 is 2.31 bits per heavy atom. The lowest BCUT2D eigenvalue weighted by atomic mass is 10.1. The summed E-state index contributed by atoms with van der Waals surface area (Å²) < 4.78 is 1.47. The van der Waals surface area contributed by atoms with E-state index in [1.54, 1.807) is 66.9 Å². The monoisotopic (exact) mass is 441 g/mol. The SMILES string of the molecule is O=C(CSc1nc2ncccc2c(=O)n1-c1ccc(Cl)cc1)c1ccc(Cl)cc1. The number of hydrogen-bond donors (Lipinski definition) is 0. The van der Waals surface area contributed by atoms with Gasteiger partial charge in [0.2, 0.25) is 0 Å². The average Bonchev–Trinajstić information content (AvgIpc) is 2.73. The van der Waals surface area contributed by atoms with E-state index in [0.29, 0.717) is 37.5 Å². The number of fused-ring (bicyclic) bond motifs is 1. The van der Waals surface area contributed by atoms with Crippen LogP contribution in [0.5, 0.6) is 0 Å². The molecule has 0 N–H and O–H groups in total. The minimum Gasteiger partial charge on any atom is -0.293 e. The van der Waals surface area contributed by atoms with Gasteiger partial charge in [0, 0.05) is 21.8 Å². The summed E-state index contributed by atoms with van der Waals surface area (Å²) in [6.45, 7) is 0. The molecule has 4 aromatic rings. The van der Waals surface area contributed by atoms with Crippen molar-refractivity contribution in [3.63, 3.8) is 0 Å². The average molecular weight is 442 g/mol. The number of aromatic nitrogens is 3. The van der Waals surface area contributed by atoms with Crippen molar-refractivity contribution in [3.05, 3.63) is 92.8 Å². The standard InChI is InChI=1S/C21H13Cl2N3O2S/c22-14-5-3-13(4-6-14)18(27)12-29-21-25-19-17(2-1-11-24-19)20(28)26(21)16-9-7-15(23)8-10-16/h1-11H,12H2. The van der Waals surface area contributed by atoms with Crippen LogP contribution in [0.3, 0.4) is 0 Å². The maximum absolute atomic E-state index is 13.1. The third-order valence-corrected chi connectivity index (χ3v) is 5.64. The molecular weight excluding hydrogens is 429 g/mol. The predicted molar refractivity (Wildman–Crippen MR) is 117 cm³/mol. The Hall–Kier alpha value is -2.67. The molecule has 5 nitrogen and oxygen atoms in total. The van der Waals surface area contributed by atoms with Crippen molar-refractivity contribution in [1.29, 1.82) is 0 Å². The van der Waals surface area contributed by atoms with Gasteiger partial charge < -0.3 is 0 Å². The van der Waals surface area contributed by atoms with E-state index in [4.69, 9.17) is 23.2 Å². The second-order valence-electron chi connectivity index (χ2n) is 6.10. The summed E-state index contributed by atoms with van der Waals surface area (Å²) in [5, 5.41) is 1.90. The highest BCUT2D eigenvalue weighted by Gasteiger charge is 2.16. The second-order valence-corrected chi connectivity index (χ2v) is 7.92. The number of hydrogen-bond acceptors (Lipinski definition) is 5. The lowest BCUT2D eigenvalue weighted by molar-refractivity contribution is 0.102. The Balaban J connectivity index is 1.75. The van der Waals surface area contributed by atoms with Crippen LogP contribution >= 0.6 is 35.0 Å². The fourth-order valence-corrected chi connectivity index (χ4v) is 3.91. The number of thioether (sulfide) groups is 1. The van der Waals surface area contributed by atoms with E-state index < -0.39 is 0 Å². The molecule has 0 aliphatic carbocycles. The Labute approximate surface area is 180 Å². The Morgan fingerprint density at radius 2 is 1.62 bits per heavy atom. The van der Waals surface area contributed by atoms with Crippen LogP contribution in [0, 0.1) is 0 Å². The number of Topliss-reactive ketones (excluding diaryl/α,β-unsaturated/α-hetero) is 1. The molecule has 0 fully saturated rings. The van der Waals surface area contributed by atoms with E-state index in [1.165, 1.54) is 16.3 Å². The first kappa shape index (κ1) is 19.6. The molecule has 29 heavy (non-hydrogen) atoms. The fraction of sp³-hybridized carbons (Fsp3) is 0.0476. The van der Waals surface area contributed by atoms with Crippen molar-refractivity contribution in [2.45, 2.75) is 5.16 Å². The maximum atomic E-state index is 13.1. The summed E-state index contributed by atoms with van der Waals surface area (Å²) in [6.07, 6.45) is 1.58. The molecule has 2 aromatic heterocycles. The molecule has 4 rings (SSSR count). The molecule has 0 aliphatic rings. The molecule has 0 aliphatic heterocycles. The second kappa shape index (κ2) is 8.37. The highest BCUT2D eigenvalue weighted by molar-refractivity contribution is 7.99. The normalized spacial score (nSPS) is 11.0. The van der Waals surface area contributed by atoms with Gasteiger partial charge >= 0.3 is 0 Å². The topological polar surface area (TPSA) is 64.8 Å². The largest absolute Gasteiger partial charge is 0.293 e. The van der Waals surface area contributed by atoms with Gasteiger partial charge in [-0.15, -0.1) is 0 Å². The molecule has 8 heteroatoms. The molecule has 0 saturated carbocycles. The van der Waals surface area contributed by atoms with E-state index in [2.05, 4.69) is 9.97 Å². The number of ketones is 1. The van der Waals surface area contributed by atoms with Crippen LogP contribution in [0.4, 0.5) is 0 Å². The zero-order chi connectivity index (χ0) is 20.4. The molecule has 0 spiro atoms. The first-order chi connectivity index (χ1) is 14.0. The number of carbonyl (C=O) groups excluding carboxylic acids is 1. The van der Waals surface area contributed by atoms with E-state index in [0.717, 1.165) is 0 Å². The van der Waals surface area contributed by atoms with Gasteiger partial charge in [0.05, 0.1) is 16.8 Å². The first-order valence-electron chi connectivity index (χ1n) is 8.58. The van der Waals surface area contributed by atoms with Gasteiger partial charge in [-0.3, -0.25) is 14.2 Å². The van der Waals surface area contributed by atoms with Gasteiger partial charge in [0.15, 0.2) is 16.6 Å². The third-order valence-electron chi connectivity index (χ3n) is 4.20. The van der Waals surface area contributed by atoms with Crippen LogP contribution in [-0.4, -0.2) is 26.1 Å². The van der Waals surface area contributed by atoms with Crippen LogP contribution in [0.1, 0.15) is 10.4 Å². The van der Waals surface area contributed by atoms with Crippen LogP contribution in [0.2, 0.25) is 10.0 Å². The van der Waals surface area contributed by atoms with Gasteiger partial charge in [-0.2, -0.15) is 0 Å². The minimum absolute atomic E-state index is 0.0929. The highest BCUT2D eigenvalue weighted by atomic mass is 35.5. The molecule has 0 amide bonds. The number of nitrogens with zero attached hydrogens (tertiary/aromatic N) is 3. The Morgan fingerprint density at radius 1 is 0.966 bits per heavy atom. The highest BCUT2D eigenvalue weighted by Crippen LogP contribution is 2.23. The number of rotatable bonds is 5. The summed E-state index contributed by atoms with van der Waals surface area (Å²) in [5.41, 5.74) is 1.23. The van der Waals surface area contributed by atoms with Gasteiger partial charge in [-0.05, 0) is 60.7 Å². The van der Waals surface area contributed by atoms with Crippen molar-refractivity contribution in [2.24, 2.45) is 0 Å². The number of pyridine rings is 1. The Kier molecular flexibility index (Phi) is 5.67. The van der Waals surface area contributed by atoms with Crippen molar-refractivity contribution in [3.8, 4) is 5.69 Å². The van der Waals surface area contributed by atoms with Crippen LogP contribution in [0.25, 0.3) is 16.7 Å². The number of carbonyl (C=O) groups is 1. The summed E-state index contributed by atoms with van der Waals surface area (Å²) in [6, 6.07) is 16.9. The van der Waals surface area contributed by atoms with Gasteiger partial charge in [0.1, 0.15) is 0 Å². The molecule has 0 bridgehead atoms. The van der Waals surface area contributed by atoms with Crippen LogP contribution in [0.15, 0.2) is 76.8 Å². The molecule has 0 atom stereocenters. The van der Waals surface area contributed by atoms with Crippen LogP contribution in [-0.2, 0) is 0 Å². The number of halogens is 2. The molecule has 0 saturated heterocycles. The lowest BCUT2D eigenvalue weighted by Crippen LogP contribution is -2.22. The van der Waals surface area contributed by atoms with Crippen molar-refractivity contribution in [1.82, 2.24) is 14.5 Å². The van der Waals surface area contributed by atoms with Crippen molar-refractivity contribution < 1.29 is 4.79 Å². The van der Waals surface area contributed by atoms with Crippen LogP contribution < -0.4 is 5.56 Å². The molecule has 144 valence electrons. The smallest absolute Gasteiger partial charge is 0.268 e. The van der Waals surface area contributed by atoms with Gasteiger partial charge in [-0.25, -0.2) is 9.97 Å². The molecule has 2 heterocycles. The fourth-order valence-electron chi connectivity index (χ4n) is 2.76. The van der Waals surface area contributed by atoms with Crippen molar-refractivity contribution >= 4 is 51.8 Å². The Bertz CT molecular complexity index is 1260. The van der Waals surface area contributed by atoms with Crippen molar-refractivity contribution in [2.75, 3.05) is 5.75 Å². The van der Waals surface area contributed by atoms with E-state index in [1.807, 2.05) is 0 Å². The van der Waals surface area contributed by atoms with Gasteiger partial charge in [-0.1, -0.05) is 35.0 Å². The zero-order valence-electron chi connectivity index (χ0n) is 14.9. The summed E-state index contributed by atoms with van der Waals surface area (Å²) >= 11 is 13.0. The van der Waals surface area contributed by atoms with Gasteiger partial charge in [0.25, 0.3) is 5.56 Å². The molecule has 2 aromatic carbocycles. The van der Waals surface area contributed by atoms with E-state index in [-0.39, 0.29) is 17.1 Å². The maximum Gasteiger partial charge on any atom is 0.268 e. The first-order valence-corrected chi connectivity index (χ1v) is 10.3. The minimum atomic E-state index is -0.258.